The number of rotatable bonds is 8. The van der Waals surface area contributed by atoms with Gasteiger partial charge in [0.15, 0.2) is 0 Å². The predicted molar refractivity (Wildman–Crippen MR) is 62.2 cm³/mol. The molecule has 0 bridgehead atoms. The number of unbranched alkanes of at least 4 members (excludes halogenated alkanes) is 2. The molecule has 0 aliphatic rings. The molecule has 4 nitrogen and oxygen atoms in total. The number of hydrogen-bond acceptors (Lipinski definition) is 3. The quantitative estimate of drug-likeness (QED) is 0.586. The van der Waals surface area contributed by atoms with Crippen molar-refractivity contribution in [2.24, 2.45) is 0 Å². The van der Waals surface area contributed by atoms with E-state index in [0.717, 1.165) is 37.9 Å². The fourth-order valence-electron chi connectivity index (χ4n) is 1.62. The number of carboxylic acid groups (broad SMARTS) is 1. The molecule has 0 saturated carbocycles. The molecule has 0 heterocycles. The SMILES string of the molecule is O=C([O-])c1ccc(C[NH2+]CCCCCO)cc1. The smallest absolute Gasteiger partial charge is 0.101 e. The maximum absolute atomic E-state index is 10.5. The van der Waals surface area contributed by atoms with E-state index >= 15 is 0 Å². The van der Waals surface area contributed by atoms with E-state index in [0.29, 0.717) is 0 Å². The summed E-state index contributed by atoms with van der Waals surface area (Å²) >= 11 is 0. The van der Waals surface area contributed by atoms with Crippen molar-refractivity contribution in [2.75, 3.05) is 13.2 Å². The first-order chi connectivity index (χ1) is 8.24. The van der Waals surface area contributed by atoms with Crippen LogP contribution in [-0.4, -0.2) is 24.2 Å². The van der Waals surface area contributed by atoms with E-state index < -0.39 is 5.97 Å². The van der Waals surface area contributed by atoms with Gasteiger partial charge in [-0.1, -0.05) is 24.3 Å². The second-order valence-electron chi connectivity index (χ2n) is 4.05. The Labute approximate surface area is 101 Å². The number of aromatic carboxylic acids is 1. The molecule has 17 heavy (non-hydrogen) atoms. The van der Waals surface area contributed by atoms with Crippen molar-refractivity contribution in [1.29, 1.82) is 0 Å². The molecule has 0 aliphatic heterocycles. The van der Waals surface area contributed by atoms with Gasteiger partial charge in [0.05, 0.1) is 12.5 Å². The van der Waals surface area contributed by atoms with Crippen LogP contribution in [-0.2, 0) is 6.54 Å². The number of carbonyl (C=O) groups excluding carboxylic acids is 1. The maximum atomic E-state index is 10.5. The van der Waals surface area contributed by atoms with Crippen LogP contribution in [0.15, 0.2) is 24.3 Å². The number of benzene rings is 1. The Balaban J connectivity index is 2.21. The minimum Gasteiger partial charge on any atom is -0.545 e. The first-order valence-corrected chi connectivity index (χ1v) is 5.97. The van der Waals surface area contributed by atoms with Crippen LogP contribution in [0.1, 0.15) is 35.2 Å². The van der Waals surface area contributed by atoms with E-state index in [1.165, 1.54) is 0 Å². The molecule has 0 fully saturated rings. The van der Waals surface area contributed by atoms with Gasteiger partial charge >= 0.3 is 0 Å². The lowest BCUT2D eigenvalue weighted by Crippen LogP contribution is -2.82. The van der Waals surface area contributed by atoms with Crippen molar-refractivity contribution in [1.82, 2.24) is 0 Å². The zero-order chi connectivity index (χ0) is 12.5. The lowest BCUT2D eigenvalue weighted by Gasteiger charge is -2.04. The number of nitrogens with two attached hydrogens (primary N) is 1. The van der Waals surface area contributed by atoms with Crippen molar-refractivity contribution in [3.8, 4) is 0 Å². The summed E-state index contributed by atoms with van der Waals surface area (Å²) in [4.78, 5) is 10.5. The van der Waals surface area contributed by atoms with Crippen LogP contribution in [0.2, 0.25) is 0 Å². The fourth-order valence-corrected chi connectivity index (χ4v) is 1.62. The summed E-state index contributed by atoms with van der Waals surface area (Å²) in [5.74, 6) is -1.13. The Morgan fingerprint density at radius 3 is 2.47 bits per heavy atom. The highest BCUT2D eigenvalue weighted by molar-refractivity contribution is 5.85. The van der Waals surface area contributed by atoms with Crippen molar-refractivity contribution in [3.05, 3.63) is 35.4 Å². The van der Waals surface area contributed by atoms with Gasteiger partial charge in [0.25, 0.3) is 0 Å². The van der Waals surface area contributed by atoms with Gasteiger partial charge in [-0.3, -0.25) is 0 Å². The summed E-state index contributed by atoms with van der Waals surface area (Å²) in [6.07, 6.45) is 3.02. The van der Waals surface area contributed by atoms with E-state index in [9.17, 15) is 9.90 Å². The molecule has 94 valence electrons. The Bertz CT molecular complexity index is 335. The molecule has 3 N–H and O–H groups in total. The Hall–Kier alpha value is -1.39. The molecule has 0 amide bonds. The number of aliphatic hydroxyl groups excluding tert-OH is 1. The van der Waals surface area contributed by atoms with Crippen molar-refractivity contribution >= 4 is 5.97 Å². The molecule has 0 unspecified atom stereocenters. The zero-order valence-electron chi connectivity index (χ0n) is 9.89. The van der Waals surface area contributed by atoms with Gasteiger partial charge in [0.2, 0.25) is 0 Å². The molecule has 4 heteroatoms. The minimum absolute atomic E-state index is 0.219. The molecular weight excluding hydrogens is 218 g/mol. The molecule has 1 rings (SSSR count). The first kappa shape index (κ1) is 13.7. The highest BCUT2D eigenvalue weighted by atomic mass is 16.4. The predicted octanol–water partition coefficient (Wildman–Crippen LogP) is -0.724. The Morgan fingerprint density at radius 1 is 1.18 bits per heavy atom. The molecule has 0 aromatic heterocycles. The summed E-state index contributed by atoms with van der Waals surface area (Å²) in [6.45, 7) is 2.15. The van der Waals surface area contributed by atoms with E-state index in [1.54, 1.807) is 12.1 Å². The average Bonchev–Trinajstić information content (AvgIpc) is 2.34. The Morgan fingerprint density at radius 2 is 1.88 bits per heavy atom. The van der Waals surface area contributed by atoms with E-state index in [2.05, 4.69) is 5.32 Å². The van der Waals surface area contributed by atoms with E-state index in [-0.39, 0.29) is 12.2 Å². The maximum Gasteiger partial charge on any atom is 0.101 e. The van der Waals surface area contributed by atoms with Gasteiger partial charge in [0, 0.05) is 12.2 Å². The summed E-state index contributed by atoms with van der Waals surface area (Å²) < 4.78 is 0. The van der Waals surface area contributed by atoms with Crippen LogP contribution >= 0.6 is 0 Å². The van der Waals surface area contributed by atoms with Crippen LogP contribution in [0.3, 0.4) is 0 Å². The molecule has 0 atom stereocenters. The second-order valence-corrected chi connectivity index (χ2v) is 4.05. The van der Waals surface area contributed by atoms with Crippen LogP contribution in [0, 0.1) is 0 Å². The van der Waals surface area contributed by atoms with E-state index in [4.69, 9.17) is 5.11 Å². The number of carbonyl (C=O) groups is 1. The summed E-state index contributed by atoms with van der Waals surface area (Å²) in [5.41, 5.74) is 1.33. The zero-order valence-corrected chi connectivity index (χ0v) is 9.89. The summed E-state index contributed by atoms with van der Waals surface area (Å²) in [5, 5.41) is 21.3. The monoisotopic (exact) mass is 237 g/mol. The van der Waals surface area contributed by atoms with Crippen molar-refractivity contribution in [3.63, 3.8) is 0 Å². The average molecular weight is 237 g/mol. The van der Waals surface area contributed by atoms with Crippen molar-refractivity contribution in [2.45, 2.75) is 25.8 Å². The van der Waals surface area contributed by atoms with Gasteiger partial charge in [-0.25, -0.2) is 0 Å². The number of hydrogen-bond donors (Lipinski definition) is 2. The normalized spacial score (nSPS) is 10.4. The summed E-state index contributed by atoms with van der Waals surface area (Å²) in [7, 11) is 0. The third-order valence-electron chi connectivity index (χ3n) is 2.64. The molecule has 0 spiro atoms. The van der Waals surface area contributed by atoms with Crippen molar-refractivity contribution < 1.29 is 20.3 Å². The lowest BCUT2D eigenvalue weighted by atomic mass is 10.1. The van der Waals surface area contributed by atoms with Crippen LogP contribution in [0.25, 0.3) is 0 Å². The third-order valence-corrected chi connectivity index (χ3v) is 2.64. The minimum atomic E-state index is -1.13. The van der Waals surface area contributed by atoms with E-state index in [1.807, 2.05) is 12.1 Å². The highest BCUT2D eigenvalue weighted by Gasteiger charge is 1.97. The van der Waals surface area contributed by atoms with Gasteiger partial charge in [-0.15, -0.1) is 0 Å². The van der Waals surface area contributed by atoms with Crippen LogP contribution < -0.4 is 10.4 Å². The molecule has 1 aromatic carbocycles. The molecule has 1 aromatic rings. The fraction of sp³-hybridized carbons (Fsp3) is 0.462. The topological polar surface area (TPSA) is 77.0 Å². The lowest BCUT2D eigenvalue weighted by molar-refractivity contribution is -0.671. The molecule has 0 saturated heterocycles. The highest BCUT2D eigenvalue weighted by Crippen LogP contribution is 2.01. The molecule has 0 radical (unpaired) electrons. The standard InChI is InChI=1S/C13H19NO3/c15-9-3-1-2-8-14-10-11-4-6-12(7-5-11)13(16)17/h4-7,14-15H,1-3,8-10H2,(H,16,17). The van der Waals surface area contributed by atoms with Gasteiger partial charge in [0.1, 0.15) is 6.54 Å². The van der Waals surface area contributed by atoms with Crippen LogP contribution in [0.5, 0.6) is 0 Å². The number of aliphatic hydroxyl groups is 1. The largest absolute Gasteiger partial charge is 0.545 e. The molecular formula is C13H19NO3. The Kier molecular flexibility index (Phi) is 6.29. The van der Waals surface area contributed by atoms with Gasteiger partial charge < -0.3 is 20.3 Å². The number of quaternary nitrogens is 1. The third kappa shape index (κ3) is 5.47. The summed E-state index contributed by atoms with van der Waals surface area (Å²) in [6, 6.07) is 6.78. The van der Waals surface area contributed by atoms with Crippen LogP contribution in [0.4, 0.5) is 0 Å². The molecule has 0 aliphatic carbocycles. The van der Waals surface area contributed by atoms with Gasteiger partial charge in [-0.2, -0.15) is 0 Å². The van der Waals surface area contributed by atoms with Gasteiger partial charge in [-0.05, 0) is 24.8 Å². The number of carboxylic acids is 1. The second kappa shape index (κ2) is 7.81. The first-order valence-electron chi connectivity index (χ1n) is 5.97.